The molecule has 1 N–H and O–H groups in total. The largest absolute Gasteiger partial charge is 0.466 e. The number of hydrogen-bond acceptors (Lipinski definition) is 8. The maximum atomic E-state index is 13.9. The Morgan fingerprint density at radius 3 is 1.95 bits per heavy atom. The van der Waals surface area contributed by atoms with Gasteiger partial charge in [-0.05, 0) is 36.1 Å². The van der Waals surface area contributed by atoms with E-state index < -0.39 is 47.7 Å². The van der Waals surface area contributed by atoms with Gasteiger partial charge in [0.25, 0.3) is 5.91 Å². The third kappa shape index (κ3) is 5.05. The first kappa shape index (κ1) is 27.9. The SMILES string of the molecule is COC(=O)C1NC2(C(=O)Cc3ccccc3)C(=O)N(C(C(=O)OC(c3ccccc3)c3ccccc3)=C(C)C)C2O1. The minimum absolute atomic E-state index is 0.0627. The number of amides is 1. The zero-order valence-corrected chi connectivity index (χ0v) is 22.9. The number of carbonyl (C=O) groups excluding carboxylic acids is 4. The summed E-state index contributed by atoms with van der Waals surface area (Å²) in [6.45, 7) is 3.33. The van der Waals surface area contributed by atoms with E-state index in [1.165, 1.54) is 7.11 Å². The van der Waals surface area contributed by atoms with E-state index in [4.69, 9.17) is 14.2 Å². The van der Waals surface area contributed by atoms with Gasteiger partial charge in [-0.15, -0.1) is 0 Å². The molecular formula is C32H30N2O7. The van der Waals surface area contributed by atoms with E-state index in [-0.39, 0.29) is 12.1 Å². The van der Waals surface area contributed by atoms with Crippen molar-refractivity contribution in [2.45, 2.75) is 44.4 Å². The first-order valence-electron chi connectivity index (χ1n) is 13.2. The van der Waals surface area contributed by atoms with Crippen LogP contribution in [0.4, 0.5) is 0 Å². The number of ether oxygens (including phenoxy) is 3. The molecule has 1 amide bonds. The van der Waals surface area contributed by atoms with E-state index in [0.717, 1.165) is 16.0 Å². The second-order valence-electron chi connectivity index (χ2n) is 10.1. The van der Waals surface area contributed by atoms with Gasteiger partial charge in [0, 0.05) is 6.42 Å². The van der Waals surface area contributed by atoms with Gasteiger partial charge in [-0.1, -0.05) is 91.0 Å². The summed E-state index contributed by atoms with van der Waals surface area (Å²) >= 11 is 0. The molecule has 0 aliphatic carbocycles. The lowest BCUT2D eigenvalue weighted by Gasteiger charge is -2.49. The molecule has 5 rings (SSSR count). The molecule has 3 atom stereocenters. The quantitative estimate of drug-likeness (QED) is 0.185. The molecule has 2 heterocycles. The van der Waals surface area contributed by atoms with Gasteiger partial charge in [0.2, 0.25) is 11.8 Å². The van der Waals surface area contributed by atoms with Crippen molar-refractivity contribution in [2.24, 2.45) is 0 Å². The van der Waals surface area contributed by atoms with Crippen LogP contribution in [-0.2, 0) is 39.8 Å². The highest BCUT2D eigenvalue weighted by atomic mass is 16.6. The zero-order chi connectivity index (χ0) is 29.1. The summed E-state index contributed by atoms with van der Waals surface area (Å²) in [4.78, 5) is 54.9. The molecule has 41 heavy (non-hydrogen) atoms. The molecule has 9 heteroatoms. The van der Waals surface area contributed by atoms with E-state index in [0.29, 0.717) is 11.1 Å². The molecule has 0 aromatic heterocycles. The van der Waals surface area contributed by atoms with Gasteiger partial charge in [0.15, 0.2) is 18.1 Å². The number of rotatable bonds is 9. The van der Waals surface area contributed by atoms with Crippen molar-refractivity contribution in [3.63, 3.8) is 0 Å². The van der Waals surface area contributed by atoms with Gasteiger partial charge in [-0.3, -0.25) is 19.8 Å². The lowest BCUT2D eigenvalue weighted by molar-refractivity contribution is -0.187. The smallest absolute Gasteiger partial charge is 0.356 e. The van der Waals surface area contributed by atoms with Crippen LogP contribution in [0.2, 0.25) is 0 Å². The summed E-state index contributed by atoms with van der Waals surface area (Å²) in [5.41, 5.74) is 0.716. The molecule has 0 spiro atoms. The van der Waals surface area contributed by atoms with E-state index >= 15 is 0 Å². The fourth-order valence-corrected chi connectivity index (χ4v) is 5.18. The highest BCUT2D eigenvalue weighted by Gasteiger charge is 2.73. The second-order valence-corrected chi connectivity index (χ2v) is 10.1. The average Bonchev–Trinajstić information content (AvgIpc) is 3.36. The number of carbonyl (C=O) groups is 4. The number of methoxy groups -OCH3 is 1. The van der Waals surface area contributed by atoms with E-state index in [1.54, 1.807) is 38.1 Å². The molecule has 2 fully saturated rings. The Bertz CT molecular complexity index is 1450. The Morgan fingerprint density at radius 2 is 1.44 bits per heavy atom. The molecule has 0 radical (unpaired) electrons. The predicted octanol–water partition coefficient (Wildman–Crippen LogP) is 3.45. The van der Waals surface area contributed by atoms with Crippen molar-refractivity contribution in [1.82, 2.24) is 10.2 Å². The molecule has 3 unspecified atom stereocenters. The third-order valence-corrected chi connectivity index (χ3v) is 7.18. The molecular weight excluding hydrogens is 524 g/mol. The first-order chi connectivity index (χ1) is 19.8. The number of nitrogens with zero attached hydrogens (tertiary/aromatic N) is 1. The number of likely N-dealkylation sites (tertiary alicyclic amines) is 1. The Kier molecular flexibility index (Phi) is 7.83. The van der Waals surface area contributed by atoms with Gasteiger partial charge in [-0.25, -0.2) is 9.59 Å². The van der Waals surface area contributed by atoms with Crippen LogP contribution in [0.5, 0.6) is 0 Å². The Balaban J connectivity index is 1.47. The summed E-state index contributed by atoms with van der Waals surface area (Å²) in [5.74, 6) is -2.77. The number of β-lactam (4-membered cyclic amide) rings is 1. The van der Waals surface area contributed by atoms with Crippen LogP contribution >= 0.6 is 0 Å². The summed E-state index contributed by atoms with van der Waals surface area (Å²) in [5, 5.41) is 2.77. The molecule has 0 bridgehead atoms. The van der Waals surface area contributed by atoms with E-state index in [2.05, 4.69) is 5.32 Å². The van der Waals surface area contributed by atoms with E-state index in [9.17, 15) is 19.2 Å². The molecule has 210 valence electrons. The van der Waals surface area contributed by atoms with Gasteiger partial charge < -0.3 is 14.2 Å². The van der Waals surface area contributed by atoms with Crippen molar-refractivity contribution >= 4 is 23.6 Å². The van der Waals surface area contributed by atoms with Crippen molar-refractivity contribution in [3.05, 3.63) is 119 Å². The Hall–Kier alpha value is -4.60. The lowest BCUT2D eigenvalue weighted by atomic mass is 9.79. The van der Waals surface area contributed by atoms with Gasteiger partial charge in [0.1, 0.15) is 5.70 Å². The predicted molar refractivity (Wildman–Crippen MR) is 148 cm³/mol. The molecule has 0 saturated carbocycles. The number of Topliss-reactive ketones (excluding diaryl/α,β-unsaturated/α-hetero) is 1. The number of nitrogens with one attached hydrogen (secondary N) is 1. The van der Waals surface area contributed by atoms with E-state index in [1.807, 2.05) is 66.7 Å². The highest BCUT2D eigenvalue weighted by molar-refractivity contribution is 6.19. The standard InChI is InChI=1S/C32H30N2O7/c1-20(2)25(28(36)40-26(22-15-9-5-10-16-22)23-17-11-6-12-18-23)34-30(38)32(24(35)19-21-13-7-4-8-14-21)31(34)41-27(33-32)29(37)39-3/h4-18,26-27,31,33H,19H2,1-3H3. The van der Waals surface area contributed by atoms with Crippen molar-refractivity contribution < 1.29 is 33.4 Å². The molecule has 2 saturated heterocycles. The second kappa shape index (κ2) is 11.5. The average molecular weight is 555 g/mol. The van der Waals surface area contributed by atoms with Crippen LogP contribution in [0.1, 0.15) is 36.6 Å². The van der Waals surface area contributed by atoms with Crippen LogP contribution in [0.15, 0.2) is 102 Å². The Morgan fingerprint density at radius 1 is 0.902 bits per heavy atom. The fraction of sp³-hybridized carbons (Fsp3) is 0.250. The monoisotopic (exact) mass is 554 g/mol. The fourth-order valence-electron chi connectivity index (χ4n) is 5.18. The maximum Gasteiger partial charge on any atom is 0.356 e. The minimum Gasteiger partial charge on any atom is -0.466 e. The number of allylic oxidation sites excluding steroid dienone is 1. The van der Waals surface area contributed by atoms with Gasteiger partial charge in [0.05, 0.1) is 7.11 Å². The highest BCUT2D eigenvalue weighted by Crippen LogP contribution is 2.43. The summed E-state index contributed by atoms with van der Waals surface area (Å²) in [6, 6.07) is 27.4. The van der Waals surface area contributed by atoms with Crippen molar-refractivity contribution in [3.8, 4) is 0 Å². The summed E-state index contributed by atoms with van der Waals surface area (Å²) in [7, 11) is 1.18. The zero-order valence-electron chi connectivity index (χ0n) is 22.9. The number of esters is 2. The Labute approximate surface area is 237 Å². The van der Waals surface area contributed by atoms with Crippen LogP contribution in [-0.4, -0.2) is 53.6 Å². The molecule has 3 aromatic rings. The van der Waals surface area contributed by atoms with Crippen LogP contribution in [0.3, 0.4) is 0 Å². The molecule has 2 aliphatic rings. The number of hydrogen-bond donors (Lipinski definition) is 1. The molecule has 3 aromatic carbocycles. The third-order valence-electron chi connectivity index (χ3n) is 7.18. The molecule has 2 aliphatic heterocycles. The summed E-state index contributed by atoms with van der Waals surface area (Å²) < 4.78 is 16.7. The number of benzene rings is 3. The van der Waals surface area contributed by atoms with Crippen LogP contribution in [0, 0.1) is 0 Å². The number of ketones is 1. The minimum atomic E-state index is -1.87. The van der Waals surface area contributed by atoms with Crippen LogP contribution < -0.4 is 5.32 Å². The van der Waals surface area contributed by atoms with Crippen LogP contribution in [0.25, 0.3) is 0 Å². The van der Waals surface area contributed by atoms with Gasteiger partial charge >= 0.3 is 11.9 Å². The maximum absolute atomic E-state index is 13.9. The van der Waals surface area contributed by atoms with Gasteiger partial charge in [-0.2, -0.15) is 0 Å². The topological polar surface area (TPSA) is 111 Å². The lowest BCUT2D eigenvalue weighted by Crippen LogP contribution is -2.79. The molecule has 9 nitrogen and oxygen atoms in total. The summed E-state index contributed by atoms with van der Waals surface area (Å²) in [6.07, 6.45) is -3.49. The van der Waals surface area contributed by atoms with Crippen molar-refractivity contribution in [2.75, 3.05) is 7.11 Å². The first-order valence-corrected chi connectivity index (χ1v) is 13.2. The normalized spacial score (nSPS) is 21.1. The van der Waals surface area contributed by atoms with Crippen molar-refractivity contribution in [1.29, 1.82) is 0 Å². The number of fused-ring (bicyclic) bond motifs is 1.